The molecule has 1 unspecified atom stereocenters. The van der Waals surface area contributed by atoms with Gasteiger partial charge < -0.3 is 23.5 Å². The average molecular weight is 493 g/mol. The molecule has 0 spiro atoms. The monoisotopic (exact) mass is 492 g/mol. The van der Waals surface area contributed by atoms with Crippen LogP contribution in [0.1, 0.15) is 47.5 Å². The Morgan fingerprint density at radius 3 is 2.47 bits per heavy atom. The molecular formula is C28H32N2O6. The summed E-state index contributed by atoms with van der Waals surface area (Å²) in [4.78, 5) is 31.4. The first-order valence-electron chi connectivity index (χ1n) is 12.6. The molecule has 0 bridgehead atoms. The Morgan fingerprint density at radius 2 is 1.75 bits per heavy atom. The molecule has 0 N–H and O–H groups in total. The second-order valence-corrected chi connectivity index (χ2v) is 9.16. The van der Waals surface area contributed by atoms with Crippen molar-refractivity contribution >= 4 is 16.9 Å². The van der Waals surface area contributed by atoms with Crippen LogP contribution in [-0.2, 0) is 4.74 Å². The highest BCUT2D eigenvalue weighted by atomic mass is 16.5. The van der Waals surface area contributed by atoms with Crippen LogP contribution in [-0.4, -0.2) is 68.8 Å². The molecule has 3 heterocycles. The van der Waals surface area contributed by atoms with Gasteiger partial charge in [0.15, 0.2) is 5.43 Å². The second-order valence-electron chi connectivity index (χ2n) is 9.16. The minimum absolute atomic E-state index is 0.114. The first-order valence-corrected chi connectivity index (χ1v) is 12.6. The van der Waals surface area contributed by atoms with Gasteiger partial charge in [-0.3, -0.25) is 14.5 Å². The Morgan fingerprint density at radius 1 is 1.00 bits per heavy atom. The van der Waals surface area contributed by atoms with E-state index in [1.807, 2.05) is 24.3 Å². The summed E-state index contributed by atoms with van der Waals surface area (Å²) in [5.41, 5.74) is 1.42. The molecule has 0 aliphatic carbocycles. The summed E-state index contributed by atoms with van der Waals surface area (Å²) in [6.45, 7) is 7.32. The number of benzene rings is 2. The van der Waals surface area contributed by atoms with Gasteiger partial charge in [-0.15, -0.1) is 0 Å². The topological polar surface area (TPSA) is 81.5 Å². The number of rotatable bonds is 9. The summed E-state index contributed by atoms with van der Waals surface area (Å²) in [6, 6.07) is 12.2. The quantitative estimate of drug-likeness (QED) is 0.449. The summed E-state index contributed by atoms with van der Waals surface area (Å²) >= 11 is 0. The van der Waals surface area contributed by atoms with E-state index in [4.69, 9.17) is 18.6 Å². The first-order chi connectivity index (χ1) is 17.6. The van der Waals surface area contributed by atoms with Crippen LogP contribution in [0.25, 0.3) is 11.0 Å². The maximum atomic E-state index is 13.7. The van der Waals surface area contributed by atoms with E-state index >= 15 is 0 Å². The van der Waals surface area contributed by atoms with Gasteiger partial charge in [-0.1, -0.05) is 19.1 Å². The molecule has 190 valence electrons. The molecule has 1 aromatic heterocycles. The minimum atomic E-state index is -0.514. The third-order valence-electron chi connectivity index (χ3n) is 6.82. The number of fused-ring (bicyclic) bond motifs is 2. The fourth-order valence-electron chi connectivity index (χ4n) is 4.96. The Balaban J connectivity index is 1.50. The van der Waals surface area contributed by atoms with Crippen molar-refractivity contribution in [2.24, 2.45) is 0 Å². The zero-order chi connectivity index (χ0) is 25.1. The minimum Gasteiger partial charge on any atom is -0.497 e. The predicted molar refractivity (Wildman–Crippen MR) is 136 cm³/mol. The summed E-state index contributed by atoms with van der Waals surface area (Å²) in [5.74, 6) is 1.19. The van der Waals surface area contributed by atoms with E-state index in [1.54, 1.807) is 30.2 Å². The first kappa shape index (κ1) is 24.3. The molecule has 0 saturated carbocycles. The van der Waals surface area contributed by atoms with Crippen LogP contribution in [0.4, 0.5) is 0 Å². The van der Waals surface area contributed by atoms with Crippen molar-refractivity contribution in [2.45, 2.75) is 25.8 Å². The highest BCUT2D eigenvalue weighted by Gasteiger charge is 2.42. The van der Waals surface area contributed by atoms with E-state index in [1.165, 1.54) is 0 Å². The molecule has 0 radical (unpaired) electrons. The van der Waals surface area contributed by atoms with Crippen LogP contribution in [0.5, 0.6) is 11.5 Å². The number of morpholine rings is 1. The molecule has 3 aromatic rings. The van der Waals surface area contributed by atoms with Crippen LogP contribution >= 0.6 is 0 Å². The maximum Gasteiger partial charge on any atom is 0.290 e. The number of carbonyl (C=O) groups is 1. The molecule has 1 amide bonds. The van der Waals surface area contributed by atoms with E-state index in [-0.39, 0.29) is 17.1 Å². The van der Waals surface area contributed by atoms with Crippen LogP contribution in [0.3, 0.4) is 0 Å². The van der Waals surface area contributed by atoms with E-state index in [2.05, 4.69) is 11.8 Å². The lowest BCUT2D eigenvalue weighted by molar-refractivity contribution is 0.0353. The Labute approximate surface area is 210 Å². The molecule has 1 saturated heterocycles. The number of hydrogen-bond donors (Lipinski definition) is 0. The molecule has 8 nitrogen and oxygen atoms in total. The van der Waals surface area contributed by atoms with Crippen molar-refractivity contribution in [3.63, 3.8) is 0 Å². The van der Waals surface area contributed by atoms with Crippen molar-refractivity contribution < 1.29 is 23.4 Å². The third-order valence-corrected chi connectivity index (χ3v) is 6.82. The van der Waals surface area contributed by atoms with Crippen LogP contribution in [0.15, 0.2) is 51.7 Å². The highest BCUT2D eigenvalue weighted by molar-refractivity contribution is 5.99. The molecule has 2 aliphatic rings. The molecule has 2 aliphatic heterocycles. The molecule has 1 fully saturated rings. The van der Waals surface area contributed by atoms with Crippen LogP contribution in [0, 0.1) is 0 Å². The lowest BCUT2D eigenvalue weighted by Gasteiger charge is -2.29. The average Bonchev–Trinajstić information content (AvgIpc) is 3.19. The summed E-state index contributed by atoms with van der Waals surface area (Å²) in [5, 5.41) is 0.436. The van der Waals surface area contributed by atoms with Crippen molar-refractivity contribution in [1.29, 1.82) is 0 Å². The summed E-state index contributed by atoms with van der Waals surface area (Å²) in [7, 11) is 1.55. The summed E-state index contributed by atoms with van der Waals surface area (Å²) < 4.78 is 22.5. The van der Waals surface area contributed by atoms with E-state index in [0.29, 0.717) is 35.4 Å². The zero-order valence-electron chi connectivity index (χ0n) is 20.8. The van der Waals surface area contributed by atoms with Gasteiger partial charge in [0.25, 0.3) is 5.91 Å². The van der Waals surface area contributed by atoms with Crippen molar-refractivity contribution in [1.82, 2.24) is 9.80 Å². The van der Waals surface area contributed by atoms with Gasteiger partial charge in [0.2, 0.25) is 5.76 Å². The smallest absolute Gasteiger partial charge is 0.290 e. The second kappa shape index (κ2) is 10.7. The molecular weight excluding hydrogens is 460 g/mol. The number of hydrogen-bond acceptors (Lipinski definition) is 7. The third kappa shape index (κ3) is 4.70. The number of amides is 1. The molecule has 36 heavy (non-hydrogen) atoms. The van der Waals surface area contributed by atoms with Gasteiger partial charge in [0.05, 0.1) is 43.9 Å². The van der Waals surface area contributed by atoms with Crippen LogP contribution in [0.2, 0.25) is 0 Å². The van der Waals surface area contributed by atoms with Crippen molar-refractivity contribution in [3.8, 4) is 11.5 Å². The Kier molecular flexibility index (Phi) is 7.25. The molecule has 5 rings (SSSR count). The predicted octanol–water partition coefficient (Wildman–Crippen LogP) is 3.86. The molecule has 8 heteroatoms. The van der Waals surface area contributed by atoms with E-state index in [9.17, 15) is 9.59 Å². The standard InChI is InChI=1S/C28H32N2O6/c1-3-15-35-20-7-5-19(6-8-20)25-24-26(31)22-10-9-21(33-2)18-23(22)36-27(24)28(32)30(25)12-4-11-29-13-16-34-17-14-29/h5-10,18,25H,3-4,11-17H2,1-2H3. The van der Waals surface area contributed by atoms with Gasteiger partial charge in [0.1, 0.15) is 17.1 Å². The van der Waals surface area contributed by atoms with Crippen molar-refractivity contribution in [3.05, 3.63) is 69.6 Å². The molecule has 1 atom stereocenters. The van der Waals surface area contributed by atoms with E-state index in [0.717, 1.165) is 57.0 Å². The normalized spacial score (nSPS) is 18.0. The number of methoxy groups -OCH3 is 1. The van der Waals surface area contributed by atoms with Gasteiger partial charge in [0, 0.05) is 32.2 Å². The van der Waals surface area contributed by atoms with Gasteiger partial charge in [-0.05, 0) is 42.7 Å². The Hall–Kier alpha value is -3.36. The van der Waals surface area contributed by atoms with E-state index < -0.39 is 6.04 Å². The fourth-order valence-corrected chi connectivity index (χ4v) is 4.96. The van der Waals surface area contributed by atoms with Crippen molar-refractivity contribution in [2.75, 3.05) is 53.1 Å². The zero-order valence-corrected chi connectivity index (χ0v) is 20.8. The number of nitrogens with zero attached hydrogens (tertiary/aromatic N) is 2. The van der Waals surface area contributed by atoms with Gasteiger partial charge in [-0.2, -0.15) is 0 Å². The summed E-state index contributed by atoms with van der Waals surface area (Å²) in [6.07, 6.45) is 1.71. The molecule has 2 aromatic carbocycles. The number of carbonyl (C=O) groups excluding carboxylic acids is 1. The Bertz CT molecular complexity index is 1280. The lowest BCUT2D eigenvalue weighted by Crippen LogP contribution is -2.38. The van der Waals surface area contributed by atoms with Gasteiger partial charge in [-0.25, -0.2) is 0 Å². The van der Waals surface area contributed by atoms with Gasteiger partial charge >= 0.3 is 0 Å². The maximum absolute atomic E-state index is 13.7. The highest BCUT2D eigenvalue weighted by Crippen LogP contribution is 2.39. The van der Waals surface area contributed by atoms with Crippen LogP contribution < -0.4 is 14.9 Å². The SMILES string of the molecule is CCCOc1ccc(C2c3c(oc4cc(OC)ccc4c3=O)C(=O)N2CCCN2CCOCC2)cc1. The number of ether oxygens (including phenoxy) is 3. The fraction of sp³-hybridized carbons (Fsp3) is 0.429. The lowest BCUT2D eigenvalue weighted by atomic mass is 9.98. The largest absolute Gasteiger partial charge is 0.497 e.